The van der Waals surface area contributed by atoms with Crippen molar-refractivity contribution in [3.8, 4) is 17.6 Å². The first-order valence-corrected chi connectivity index (χ1v) is 8.52. The summed E-state index contributed by atoms with van der Waals surface area (Å²) < 4.78 is 15.6. The van der Waals surface area contributed by atoms with Crippen molar-refractivity contribution >= 4 is 23.6 Å². The molecule has 0 saturated carbocycles. The lowest BCUT2D eigenvalue weighted by Crippen LogP contribution is -2.20. The number of methoxy groups -OCH3 is 1. The molecule has 0 aliphatic heterocycles. The van der Waals surface area contributed by atoms with Gasteiger partial charge in [-0.25, -0.2) is 4.79 Å². The van der Waals surface area contributed by atoms with E-state index in [0.717, 1.165) is 0 Å². The molecule has 0 spiro atoms. The summed E-state index contributed by atoms with van der Waals surface area (Å²) in [6.07, 6.45) is 1.40. The van der Waals surface area contributed by atoms with Crippen LogP contribution in [0.4, 0.5) is 5.69 Å². The zero-order chi connectivity index (χ0) is 20.4. The number of nitrogens with one attached hydrogen (secondary N) is 1. The minimum absolute atomic E-state index is 0.125. The molecule has 0 aliphatic carbocycles. The number of nitrogens with zero attached hydrogens (tertiary/aromatic N) is 1. The molecular formula is C21H20N2O5. The highest BCUT2D eigenvalue weighted by molar-refractivity contribution is 5.98. The van der Waals surface area contributed by atoms with Gasteiger partial charge in [0.05, 0.1) is 13.7 Å². The fourth-order valence-corrected chi connectivity index (χ4v) is 2.27. The highest BCUT2D eigenvalue weighted by Crippen LogP contribution is 2.29. The average molecular weight is 380 g/mol. The summed E-state index contributed by atoms with van der Waals surface area (Å²) in [5.74, 6) is -0.284. The molecule has 2 aromatic carbocycles. The van der Waals surface area contributed by atoms with Crippen LogP contribution in [0.15, 0.2) is 54.1 Å². The Morgan fingerprint density at radius 1 is 1.14 bits per heavy atom. The van der Waals surface area contributed by atoms with Crippen LogP contribution >= 0.6 is 0 Å². The number of hydrogen-bond donors (Lipinski definition) is 1. The number of benzene rings is 2. The van der Waals surface area contributed by atoms with Crippen molar-refractivity contribution in [3.05, 3.63) is 59.7 Å². The summed E-state index contributed by atoms with van der Waals surface area (Å²) in [6, 6.07) is 15.7. The summed E-state index contributed by atoms with van der Waals surface area (Å²) in [4.78, 5) is 23.7. The van der Waals surface area contributed by atoms with Crippen LogP contribution in [0.2, 0.25) is 0 Å². The third kappa shape index (κ3) is 5.88. The third-order valence-electron chi connectivity index (χ3n) is 3.53. The summed E-state index contributed by atoms with van der Waals surface area (Å²) in [7, 11) is 1.45. The molecule has 0 atom stereocenters. The van der Waals surface area contributed by atoms with E-state index in [1.54, 1.807) is 37.3 Å². The third-order valence-corrected chi connectivity index (χ3v) is 3.53. The van der Waals surface area contributed by atoms with Crippen LogP contribution in [0.25, 0.3) is 6.08 Å². The zero-order valence-electron chi connectivity index (χ0n) is 15.6. The molecule has 0 unspecified atom stereocenters. The van der Waals surface area contributed by atoms with Crippen molar-refractivity contribution in [1.82, 2.24) is 0 Å². The molecule has 0 bridgehead atoms. The molecule has 0 saturated heterocycles. The van der Waals surface area contributed by atoms with E-state index >= 15 is 0 Å². The highest BCUT2D eigenvalue weighted by Gasteiger charge is 2.12. The molecule has 2 rings (SSSR count). The standard InChI is InChI=1S/C21H20N2O5/c1-3-27-21(25)16(13-22)11-15-9-10-18(19(12-15)26-2)28-14-20(24)23-17-7-5-4-6-8-17/h4-12H,3,14H2,1-2H3,(H,23,24)/b16-11+. The number of nitriles is 1. The Balaban J connectivity index is 2.07. The quantitative estimate of drug-likeness (QED) is 0.429. The van der Waals surface area contributed by atoms with E-state index in [1.807, 2.05) is 24.3 Å². The number of amides is 1. The second-order valence-corrected chi connectivity index (χ2v) is 5.50. The second-order valence-electron chi connectivity index (χ2n) is 5.50. The minimum atomic E-state index is -0.693. The number of hydrogen-bond acceptors (Lipinski definition) is 6. The Hall–Kier alpha value is -3.79. The molecule has 0 heterocycles. The fraction of sp³-hybridized carbons (Fsp3) is 0.190. The normalized spacial score (nSPS) is 10.5. The van der Waals surface area contributed by atoms with Crippen LogP contribution in [0.3, 0.4) is 0 Å². The number of rotatable bonds is 8. The van der Waals surface area contributed by atoms with E-state index in [-0.39, 0.29) is 24.7 Å². The van der Waals surface area contributed by atoms with Gasteiger partial charge in [0.1, 0.15) is 11.6 Å². The van der Waals surface area contributed by atoms with Crippen molar-refractivity contribution in [2.45, 2.75) is 6.92 Å². The predicted molar refractivity (Wildman–Crippen MR) is 104 cm³/mol. The van der Waals surface area contributed by atoms with Crippen LogP contribution in [0.5, 0.6) is 11.5 Å². The van der Waals surface area contributed by atoms with Gasteiger partial charge >= 0.3 is 5.97 Å². The first kappa shape index (κ1) is 20.5. The van der Waals surface area contributed by atoms with E-state index in [4.69, 9.17) is 19.5 Å². The van der Waals surface area contributed by atoms with Gasteiger partial charge in [0.25, 0.3) is 5.91 Å². The Labute approximate surface area is 163 Å². The van der Waals surface area contributed by atoms with Gasteiger partial charge in [-0.2, -0.15) is 5.26 Å². The molecule has 28 heavy (non-hydrogen) atoms. The van der Waals surface area contributed by atoms with E-state index in [0.29, 0.717) is 22.7 Å². The van der Waals surface area contributed by atoms with Crippen molar-refractivity contribution in [3.63, 3.8) is 0 Å². The summed E-state index contributed by atoms with van der Waals surface area (Å²) in [6.45, 7) is 1.64. The van der Waals surface area contributed by atoms with Crippen molar-refractivity contribution < 1.29 is 23.8 Å². The van der Waals surface area contributed by atoms with Crippen LogP contribution in [-0.4, -0.2) is 32.2 Å². The SMILES string of the molecule is CCOC(=O)/C(C#N)=C/c1ccc(OCC(=O)Nc2ccccc2)c(OC)c1. The lowest BCUT2D eigenvalue weighted by atomic mass is 10.1. The van der Waals surface area contributed by atoms with Gasteiger partial charge in [-0.1, -0.05) is 24.3 Å². The molecule has 1 N–H and O–H groups in total. The topological polar surface area (TPSA) is 97.7 Å². The molecule has 1 amide bonds. The van der Waals surface area contributed by atoms with Gasteiger partial charge in [-0.3, -0.25) is 4.79 Å². The van der Waals surface area contributed by atoms with Gasteiger partial charge in [-0.05, 0) is 42.8 Å². The van der Waals surface area contributed by atoms with Crippen LogP contribution < -0.4 is 14.8 Å². The highest BCUT2D eigenvalue weighted by atomic mass is 16.5. The van der Waals surface area contributed by atoms with Gasteiger partial charge in [0.15, 0.2) is 18.1 Å². The second kappa shape index (κ2) is 10.4. The molecule has 7 heteroatoms. The monoisotopic (exact) mass is 380 g/mol. The zero-order valence-corrected chi connectivity index (χ0v) is 15.6. The van der Waals surface area contributed by atoms with E-state index in [2.05, 4.69) is 5.32 Å². The molecule has 0 radical (unpaired) electrons. The molecule has 7 nitrogen and oxygen atoms in total. The number of carbonyl (C=O) groups excluding carboxylic acids is 2. The Morgan fingerprint density at radius 2 is 1.89 bits per heavy atom. The van der Waals surface area contributed by atoms with E-state index in [1.165, 1.54) is 13.2 Å². The predicted octanol–water partition coefficient (Wildman–Crippen LogP) is 3.18. The molecule has 0 aromatic heterocycles. The number of ether oxygens (including phenoxy) is 3. The maximum absolute atomic E-state index is 12.0. The molecule has 2 aromatic rings. The van der Waals surface area contributed by atoms with Crippen LogP contribution in [0.1, 0.15) is 12.5 Å². The summed E-state index contributed by atoms with van der Waals surface area (Å²) >= 11 is 0. The van der Waals surface area contributed by atoms with Crippen molar-refractivity contribution in [1.29, 1.82) is 5.26 Å². The van der Waals surface area contributed by atoms with E-state index < -0.39 is 5.97 Å². The Kier molecular flexibility index (Phi) is 7.61. The fourth-order valence-electron chi connectivity index (χ4n) is 2.27. The van der Waals surface area contributed by atoms with Gasteiger partial charge in [0.2, 0.25) is 0 Å². The minimum Gasteiger partial charge on any atom is -0.493 e. The maximum Gasteiger partial charge on any atom is 0.348 e. The lowest BCUT2D eigenvalue weighted by Gasteiger charge is -2.11. The Morgan fingerprint density at radius 3 is 2.54 bits per heavy atom. The number of carbonyl (C=O) groups is 2. The van der Waals surface area contributed by atoms with E-state index in [9.17, 15) is 9.59 Å². The first-order valence-electron chi connectivity index (χ1n) is 8.52. The van der Waals surface area contributed by atoms with Gasteiger partial charge < -0.3 is 19.5 Å². The largest absolute Gasteiger partial charge is 0.493 e. The number of esters is 1. The first-order chi connectivity index (χ1) is 13.6. The molecular weight excluding hydrogens is 360 g/mol. The molecule has 0 aliphatic rings. The lowest BCUT2D eigenvalue weighted by molar-refractivity contribution is -0.137. The van der Waals surface area contributed by atoms with Gasteiger partial charge in [0, 0.05) is 5.69 Å². The molecule has 0 fully saturated rings. The molecule has 144 valence electrons. The summed E-state index contributed by atoms with van der Waals surface area (Å²) in [5, 5.41) is 11.8. The number of para-hydroxylation sites is 1. The van der Waals surface area contributed by atoms with Crippen molar-refractivity contribution in [2.75, 3.05) is 25.6 Å². The number of anilines is 1. The smallest absolute Gasteiger partial charge is 0.348 e. The Bertz CT molecular complexity index is 901. The van der Waals surface area contributed by atoms with Crippen LogP contribution in [-0.2, 0) is 14.3 Å². The van der Waals surface area contributed by atoms with Gasteiger partial charge in [-0.15, -0.1) is 0 Å². The summed E-state index contributed by atoms with van der Waals surface area (Å²) in [5.41, 5.74) is 1.11. The van der Waals surface area contributed by atoms with Crippen molar-refractivity contribution in [2.24, 2.45) is 0 Å². The average Bonchev–Trinajstić information content (AvgIpc) is 2.71. The van der Waals surface area contributed by atoms with Crippen LogP contribution in [0, 0.1) is 11.3 Å². The maximum atomic E-state index is 12.0.